The normalized spacial score (nSPS) is 10.4. The van der Waals surface area contributed by atoms with E-state index in [1.807, 2.05) is 48.5 Å². The second kappa shape index (κ2) is 8.50. The zero-order chi connectivity index (χ0) is 18.4. The summed E-state index contributed by atoms with van der Waals surface area (Å²) in [4.78, 5) is 0. The van der Waals surface area contributed by atoms with Crippen molar-refractivity contribution in [2.45, 2.75) is 32.6 Å². The average Bonchev–Trinajstić information content (AvgIpc) is 2.68. The molecular formula is C25H23F. The van der Waals surface area contributed by atoms with Crippen molar-refractivity contribution >= 4 is 10.8 Å². The molecule has 26 heavy (non-hydrogen) atoms. The molecular weight excluding hydrogens is 319 g/mol. The van der Waals surface area contributed by atoms with E-state index in [0.717, 1.165) is 47.8 Å². The third kappa shape index (κ3) is 4.21. The lowest BCUT2D eigenvalue weighted by molar-refractivity contribution is 0.619. The van der Waals surface area contributed by atoms with Gasteiger partial charge >= 0.3 is 0 Å². The molecule has 0 aliphatic heterocycles. The SMILES string of the molecule is C=CCCc1ccc(C#Cc2ccc3c(F)c(CCC)ccc3c2)cc1. The van der Waals surface area contributed by atoms with Crippen LogP contribution in [0.2, 0.25) is 0 Å². The van der Waals surface area contributed by atoms with Crippen LogP contribution in [0.15, 0.2) is 67.3 Å². The minimum atomic E-state index is -0.0982. The van der Waals surface area contributed by atoms with Crippen LogP contribution in [0.5, 0.6) is 0 Å². The topological polar surface area (TPSA) is 0 Å². The summed E-state index contributed by atoms with van der Waals surface area (Å²) in [6.45, 7) is 5.82. The van der Waals surface area contributed by atoms with Gasteiger partial charge in [0, 0.05) is 16.5 Å². The van der Waals surface area contributed by atoms with E-state index in [2.05, 4.69) is 37.5 Å². The third-order valence-corrected chi connectivity index (χ3v) is 4.50. The maximum atomic E-state index is 14.5. The highest BCUT2D eigenvalue weighted by Crippen LogP contribution is 2.23. The number of hydrogen-bond donors (Lipinski definition) is 0. The van der Waals surface area contributed by atoms with Gasteiger partial charge in [-0.15, -0.1) is 6.58 Å². The molecule has 0 spiro atoms. The summed E-state index contributed by atoms with van der Waals surface area (Å²) in [5, 5.41) is 1.57. The first-order valence-corrected chi connectivity index (χ1v) is 9.14. The largest absolute Gasteiger partial charge is 0.206 e. The molecule has 0 nitrogen and oxygen atoms in total. The zero-order valence-corrected chi connectivity index (χ0v) is 15.2. The van der Waals surface area contributed by atoms with E-state index < -0.39 is 0 Å². The van der Waals surface area contributed by atoms with Crippen LogP contribution in [0.4, 0.5) is 4.39 Å². The number of rotatable bonds is 5. The average molecular weight is 342 g/mol. The Hall–Kier alpha value is -2.85. The maximum absolute atomic E-state index is 14.5. The fraction of sp³-hybridized carbons (Fsp3) is 0.200. The molecule has 0 heterocycles. The van der Waals surface area contributed by atoms with Crippen LogP contribution in [0.25, 0.3) is 10.8 Å². The smallest absolute Gasteiger partial charge is 0.134 e. The van der Waals surface area contributed by atoms with Gasteiger partial charge in [-0.1, -0.05) is 61.6 Å². The van der Waals surface area contributed by atoms with Crippen LogP contribution in [-0.2, 0) is 12.8 Å². The molecule has 0 N–H and O–H groups in total. The van der Waals surface area contributed by atoms with Crippen LogP contribution in [0, 0.1) is 17.7 Å². The van der Waals surface area contributed by atoms with Crippen molar-refractivity contribution < 1.29 is 4.39 Å². The van der Waals surface area contributed by atoms with Crippen molar-refractivity contribution in [3.63, 3.8) is 0 Å². The number of benzene rings is 3. The molecule has 130 valence electrons. The molecule has 0 aromatic heterocycles. The lowest BCUT2D eigenvalue weighted by atomic mass is 10.0. The summed E-state index contributed by atoms with van der Waals surface area (Å²) < 4.78 is 14.5. The van der Waals surface area contributed by atoms with Crippen molar-refractivity contribution in [2.24, 2.45) is 0 Å². The molecule has 0 saturated carbocycles. The number of allylic oxidation sites excluding steroid dienone is 1. The van der Waals surface area contributed by atoms with Crippen molar-refractivity contribution in [1.82, 2.24) is 0 Å². The molecule has 3 aromatic rings. The zero-order valence-electron chi connectivity index (χ0n) is 15.2. The second-order valence-corrected chi connectivity index (χ2v) is 6.50. The number of hydrogen-bond acceptors (Lipinski definition) is 0. The molecule has 0 saturated heterocycles. The van der Waals surface area contributed by atoms with E-state index in [1.165, 1.54) is 5.56 Å². The molecule has 3 aromatic carbocycles. The van der Waals surface area contributed by atoms with E-state index in [9.17, 15) is 4.39 Å². The fourth-order valence-corrected chi connectivity index (χ4v) is 3.05. The van der Waals surface area contributed by atoms with Gasteiger partial charge in [0.05, 0.1) is 0 Å². The van der Waals surface area contributed by atoms with Crippen LogP contribution >= 0.6 is 0 Å². The van der Waals surface area contributed by atoms with E-state index in [1.54, 1.807) is 0 Å². The molecule has 0 aliphatic carbocycles. The maximum Gasteiger partial charge on any atom is 0.134 e. The van der Waals surface area contributed by atoms with Gasteiger partial charge in [-0.3, -0.25) is 0 Å². The second-order valence-electron chi connectivity index (χ2n) is 6.50. The minimum Gasteiger partial charge on any atom is -0.206 e. The third-order valence-electron chi connectivity index (χ3n) is 4.50. The molecule has 1 heteroatoms. The van der Waals surface area contributed by atoms with Crippen LogP contribution in [-0.4, -0.2) is 0 Å². The number of aryl methyl sites for hydroxylation is 2. The predicted molar refractivity (Wildman–Crippen MR) is 109 cm³/mol. The van der Waals surface area contributed by atoms with Gasteiger partial charge in [-0.2, -0.15) is 0 Å². The van der Waals surface area contributed by atoms with Crippen LogP contribution in [0.3, 0.4) is 0 Å². The van der Waals surface area contributed by atoms with Crippen LogP contribution < -0.4 is 0 Å². The summed E-state index contributed by atoms with van der Waals surface area (Å²) in [5.41, 5.74) is 3.96. The van der Waals surface area contributed by atoms with Gasteiger partial charge in [-0.25, -0.2) is 4.39 Å². The molecule has 0 unspecified atom stereocenters. The summed E-state index contributed by atoms with van der Waals surface area (Å²) in [6, 6.07) is 17.9. The molecule has 0 fully saturated rings. The Kier molecular flexibility index (Phi) is 5.87. The first kappa shape index (κ1) is 18.0. The standard InChI is InChI=1S/C25H23F/c1-3-5-7-19-8-10-20(11-9-19)12-13-21-14-17-24-23(18-21)16-15-22(6-4-2)25(24)26/h3,8-11,14-18H,1,4-7H2,2H3. The number of halogens is 1. The Morgan fingerprint density at radius 3 is 2.38 bits per heavy atom. The van der Waals surface area contributed by atoms with Crippen molar-refractivity contribution in [3.05, 3.63) is 95.3 Å². The van der Waals surface area contributed by atoms with Crippen LogP contribution in [0.1, 0.15) is 42.0 Å². The Balaban J connectivity index is 1.82. The number of fused-ring (bicyclic) bond motifs is 1. The minimum absolute atomic E-state index is 0.0982. The van der Waals surface area contributed by atoms with Gasteiger partial charge in [0.2, 0.25) is 0 Å². The van der Waals surface area contributed by atoms with Gasteiger partial charge in [-0.05, 0) is 60.0 Å². The summed E-state index contributed by atoms with van der Waals surface area (Å²) in [5.74, 6) is 6.28. The van der Waals surface area contributed by atoms with E-state index >= 15 is 0 Å². The summed E-state index contributed by atoms with van der Waals surface area (Å²) in [6.07, 6.45) is 5.64. The fourth-order valence-electron chi connectivity index (χ4n) is 3.05. The first-order valence-electron chi connectivity index (χ1n) is 9.14. The monoisotopic (exact) mass is 342 g/mol. The van der Waals surface area contributed by atoms with Crippen molar-refractivity contribution in [1.29, 1.82) is 0 Å². The molecule has 0 atom stereocenters. The molecule has 0 aliphatic rings. The molecule has 3 rings (SSSR count). The van der Waals surface area contributed by atoms with E-state index in [0.29, 0.717) is 5.39 Å². The van der Waals surface area contributed by atoms with E-state index in [4.69, 9.17) is 0 Å². The highest BCUT2D eigenvalue weighted by molar-refractivity contribution is 5.85. The summed E-state index contributed by atoms with van der Waals surface area (Å²) >= 11 is 0. The summed E-state index contributed by atoms with van der Waals surface area (Å²) in [7, 11) is 0. The van der Waals surface area contributed by atoms with Crippen molar-refractivity contribution in [3.8, 4) is 11.8 Å². The Morgan fingerprint density at radius 1 is 0.923 bits per heavy atom. The lowest BCUT2D eigenvalue weighted by Crippen LogP contribution is -1.91. The Labute approximate surface area is 155 Å². The highest BCUT2D eigenvalue weighted by atomic mass is 19.1. The predicted octanol–water partition coefficient (Wildman–Crippen LogP) is 6.45. The van der Waals surface area contributed by atoms with E-state index in [-0.39, 0.29) is 5.82 Å². The molecule has 0 bridgehead atoms. The molecule has 0 amide bonds. The lowest BCUT2D eigenvalue weighted by Gasteiger charge is -2.06. The quantitative estimate of drug-likeness (QED) is 0.369. The van der Waals surface area contributed by atoms with Gasteiger partial charge in [0.1, 0.15) is 5.82 Å². The van der Waals surface area contributed by atoms with Gasteiger partial charge in [0.25, 0.3) is 0 Å². The van der Waals surface area contributed by atoms with Crippen molar-refractivity contribution in [2.75, 3.05) is 0 Å². The highest BCUT2D eigenvalue weighted by Gasteiger charge is 2.06. The first-order chi connectivity index (χ1) is 12.7. The Morgan fingerprint density at radius 2 is 1.65 bits per heavy atom. The Bertz CT molecular complexity index is 969. The van der Waals surface area contributed by atoms with Gasteiger partial charge in [0.15, 0.2) is 0 Å². The van der Waals surface area contributed by atoms with Gasteiger partial charge < -0.3 is 0 Å². The molecule has 0 radical (unpaired) electrons.